The fourth-order valence-corrected chi connectivity index (χ4v) is 3.04. The molecule has 1 aliphatic heterocycles. The Bertz CT molecular complexity index is 910. The summed E-state index contributed by atoms with van der Waals surface area (Å²) >= 11 is 12.0. The van der Waals surface area contributed by atoms with Gasteiger partial charge in [0.2, 0.25) is 0 Å². The van der Waals surface area contributed by atoms with Crippen molar-refractivity contribution in [2.24, 2.45) is 4.99 Å². The summed E-state index contributed by atoms with van der Waals surface area (Å²) in [5.41, 5.74) is 4.05. The van der Waals surface area contributed by atoms with Gasteiger partial charge in [-0.25, -0.2) is 4.79 Å². The molecule has 2 N–H and O–H groups in total. The molecule has 0 spiro atoms. The van der Waals surface area contributed by atoms with Crippen LogP contribution in [0, 0.1) is 0 Å². The lowest BCUT2D eigenvalue weighted by atomic mass is 10.0. The van der Waals surface area contributed by atoms with E-state index in [1.165, 1.54) is 0 Å². The molecule has 0 unspecified atom stereocenters. The van der Waals surface area contributed by atoms with Crippen molar-refractivity contribution in [3.05, 3.63) is 63.6 Å². The number of likely N-dealkylation sites (N-methyl/N-ethyl adjacent to an activating group) is 1. The van der Waals surface area contributed by atoms with Crippen LogP contribution >= 0.6 is 23.2 Å². The number of allylic oxidation sites excluding steroid dienone is 1. The number of anilines is 2. The van der Waals surface area contributed by atoms with Crippen molar-refractivity contribution in [3.8, 4) is 0 Å². The second-order valence-electron chi connectivity index (χ2n) is 5.86. The Morgan fingerprint density at radius 2 is 2.00 bits per heavy atom. The van der Waals surface area contributed by atoms with E-state index in [1.54, 1.807) is 24.3 Å². The molecule has 2 aromatic carbocycles. The number of carboxylic acid groups (broad SMARTS) is 1. The molecule has 134 valence electrons. The van der Waals surface area contributed by atoms with Crippen LogP contribution in [-0.2, 0) is 0 Å². The van der Waals surface area contributed by atoms with Gasteiger partial charge in [-0.2, -0.15) is 0 Å². The van der Waals surface area contributed by atoms with E-state index >= 15 is 0 Å². The third kappa shape index (κ3) is 4.18. The first-order valence-electron chi connectivity index (χ1n) is 7.97. The van der Waals surface area contributed by atoms with Gasteiger partial charge in [-0.15, -0.1) is 0 Å². The second-order valence-corrected chi connectivity index (χ2v) is 6.67. The molecule has 7 heteroatoms. The maximum Gasteiger partial charge on any atom is 0.409 e. The number of benzodiazepines with no additional fused rings is 1. The first kappa shape index (κ1) is 18.3. The van der Waals surface area contributed by atoms with Gasteiger partial charge in [0.25, 0.3) is 0 Å². The molecule has 0 bridgehead atoms. The van der Waals surface area contributed by atoms with Crippen LogP contribution in [0.4, 0.5) is 16.2 Å². The Morgan fingerprint density at radius 3 is 2.73 bits per heavy atom. The number of nitrogens with one attached hydrogen (secondary N) is 1. The number of benzene rings is 2. The van der Waals surface area contributed by atoms with Crippen LogP contribution in [0.15, 0.2) is 47.5 Å². The van der Waals surface area contributed by atoms with Crippen LogP contribution < -0.4 is 10.2 Å². The average molecular weight is 390 g/mol. The van der Waals surface area contributed by atoms with Gasteiger partial charge in [-0.1, -0.05) is 35.3 Å². The summed E-state index contributed by atoms with van der Waals surface area (Å²) in [7, 11) is 1.99. The van der Waals surface area contributed by atoms with E-state index in [4.69, 9.17) is 28.3 Å². The molecule has 0 saturated carbocycles. The summed E-state index contributed by atoms with van der Waals surface area (Å²) in [6, 6.07) is 10.8. The van der Waals surface area contributed by atoms with Crippen LogP contribution in [0.2, 0.25) is 10.0 Å². The molecule has 5 nitrogen and oxygen atoms in total. The van der Waals surface area contributed by atoms with E-state index in [2.05, 4.69) is 15.2 Å². The van der Waals surface area contributed by atoms with Crippen LogP contribution in [0.5, 0.6) is 0 Å². The van der Waals surface area contributed by atoms with Crippen molar-refractivity contribution in [3.63, 3.8) is 0 Å². The molecule has 1 amide bonds. The molecule has 0 radical (unpaired) electrons. The number of aliphatic imine (C=N–C) groups is 1. The fraction of sp³-hybridized carbons (Fsp3) is 0.158. The standard InChI is InChI=1S/C19H17Cl2N3O2/c1-24-9-8-22-17(6-3-12-2-5-15(20)16(21)10-12)14-11-13(23-19(25)26)4-7-18(14)24/h2-7,10-11,23H,8-9H2,1H3,(H,25,26). The Labute approximate surface area is 161 Å². The molecule has 0 aromatic heterocycles. The van der Waals surface area contributed by atoms with Crippen LogP contribution in [0.1, 0.15) is 11.1 Å². The van der Waals surface area contributed by atoms with E-state index in [9.17, 15) is 4.79 Å². The molecular formula is C19H17Cl2N3O2. The second kappa shape index (κ2) is 7.81. The highest BCUT2D eigenvalue weighted by Gasteiger charge is 2.16. The molecule has 0 aliphatic carbocycles. The molecule has 0 fully saturated rings. The van der Waals surface area contributed by atoms with Crippen molar-refractivity contribution < 1.29 is 9.90 Å². The fourth-order valence-electron chi connectivity index (χ4n) is 2.74. The van der Waals surface area contributed by atoms with Crippen molar-refractivity contribution in [1.82, 2.24) is 0 Å². The third-order valence-corrected chi connectivity index (χ3v) is 4.77. The summed E-state index contributed by atoms with van der Waals surface area (Å²) in [5.74, 6) is 0. The minimum Gasteiger partial charge on any atom is -0.465 e. The monoisotopic (exact) mass is 389 g/mol. The Hall–Kier alpha value is -2.50. The smallest absolute Gasteiger partial charge is 0.409 e. The summed E-state index contributed by atoms with van der Waals surface area (Å²) in [5, 5.41) is 12.3. The van der Waals surface area contributed by atoms with Crippen molar-refractivity contribution in [2.75, 3.05) is 30.4 Å². The summed E-state index contributed by atoms with van der Waals surface area (Å²) in [4.78, 5) is 17.7. The lowest BCUT2D eigenvalue weighted by molar-refractivity contribution is 0.210. The quantitative estimate of drug-likeness (QED) is 0.772. The normalized spacial score (nSPS) is 14.0. The third-order valence-electron chi connectivity index (χ3n) is 4.03. The highest BCUT2D eigenvalue weighted by atomic mass is 35.5. The van der Waals surface area contributed by atoms with Gasteiger partial charge < -0.3 is 10.0 Å². The highest BCUT2D eigenvalue weighted by Crippen LogP contribution is 2.27. The van der Waals surface area contributed by atoms with Gasteiger partial charge in [0.05, 0.1) is 22.3 Å². The molecule has 26 heavy (non-hydrogen) atoms. The summed E-state index contributed by atoms with van der Waals surface area (Å²) in [6.07, 6.45) is 2.71. The zero-order valence-corrected chi connectivity index (χ0v) is 15.6. The lowest BCUT2D eigenvalue weighted by Gasteiger charge is -2.19. The number of hydrogen-bond donors (Lipinski definition) is 2. The van der Waals surface area contributed by atoms with Gasteiger partial charge in [-0.3, -0.25) is 10.3 Å². The van der Waals surface area contributed by atoms with Crippen LogP contribution in [-0.4, -0.2) is 37.0 Å². The first-order chi connectivity index (χ1) is 12.4. The molecule has 2 aromatic rings. The van der Waals surface area contributed by atoms with Crippen molar-refractivity contribution in [1.29, 1.82) is 0 Å². The van der Waals surface area contributed by atoms with E-state index in [-0.39, 0.29) is 0 Å². The van der Waals surface area contributed by atoms with E-state index in [0.29, 0.717) is 22.3 Å². The van der Waals surface area contributed by atoms with Crippen LogP contribution in [0.25, 0.3) is 6.08 Å². The van der Waals surface area contributed by atoms with Gasteiger partial charge in [0.15, 0.2) is 0 Å². The predicted molar refractivity (Wildman–Crippen MR) is 108 cm³/mol. The van der Waals surface area contributed by atoms with Gasteiger partial charge >= 0.3 is 6.09 Å². The summed E-state index contributed by atoms with van der Waals surface area (Å²) < 4.78 is 0. The number of halogens is 2. The van der Waals surface area contributed by atoms with Crippen molar-refractivity contribution in [2.45, 2.75) is 0 Å². The number of amides is 1. The van der Waals surface area contributed by atoms with Gasteiger partial charge in [-0.05, 0) is 42.0 Å². The molecule has 1 heterocycles. The Kier molecular flexibility index (Phi) is 5.49. The number of hydrogen-bond acceptors (Lipinski definition) is 3. The van der Waals surface area contributed by atoms with E-state index < -0.39 is 6.09 Å². The number of carbonyl (C=O) groups is 1. The van der Waals surface area contributed by atoms with E-state index in [1.807, 2.05) is 31.3 Å². The highest BCUT2D eigenvalue weighted by molar-refractivity contribution is 6.42. The Balaban J connectivity index is 1.97. The van der Waals surface area contributed by atoms with Crippen LogP contribution in [0.3, 0.4) is 0 Å². The van der Waals surface area contributed by atoms with E-state index in [0.717, 1.165) is 29.1 Å². The molecule has 1 aliphatic rings. The molecule has 0 saturated heterocycles. The summed E-state index contributed by atoms with van der Waals surface area (Å²) in [6.45, 7) is 1.43. The number of nitrogens with zero attached hydrogens (tertiary/aromatic N) is 2. The molecular weight excluding hydrogens is 373 g/mol. The number of rotatable bonds is 3. The topological polar surface area (TPSA) is 64.9 Å². The van der Waals surface area contributed by atoms with Gasteiger partial charge in [0, 0.05) is 30.5 Å². The maximum atomic E-state index is 10.9. The minimum atomic E-state index is -1.10. The lowest BCUT2D eigenvalue weighted by Crippen LogP contribution is -2.20. The average Bonchev–Trinajstić information content (AvgIpc) is 2.74. The zero-order valence-electron chi connectivity index (χ0n) is 14.0. The largest absolute Gasteiger partial charge is 0.465 e. The Morgan fingerprint density at radius 1 is 1.19 bits per heavy atom. The van der Waals surface area contributed by atoms with Crippen molar-refractivity contribution >= 4 is 52.5 Å². The maximum absolute atomic E-state index is 10.9. The minimum absolute atomic E-state index is 0.490. The molecule has 3 rings (SSSR count). The number of fused-ring (bicyclic) bond motifs is 1. The predicted octanol–water partition coefficient (Wildman–Crippen LogP) is 5.04. The zero-order chi connectivity index (χ0) is 18.7. The molecule has 0 atom stereocenters. The first-order valence-corrected chi connectivity index (χ1v) is 8.73. The SMILES string of the molecule is CN1CCN=C(C=Cc2ccc(Cl)c(Cl)c2)c2cc(NC(=O)O)ccc21. The van der Waals surface area contributed by atoms with Gasteiger partial charge in [0.1, 0.15) is 0 Å².